The number of alkyl halides is 3. The zero-order chi connectivity index (χ0) is 27.1. The molecule has 13 heteroatoms. The summed E-state index contributed by atoms with van der Waals surface area (Å²) in [4.78, 5) is 11.0. The Hall–Kier alpha value is -2.74. The van der Waals surface area contributed by atoms with Crippen molar-refractivity contribution in [1.29, 1.82) is 0 Å². The molecule has 0 spiro atoms. The van der Waals surface area contributed by atoms with Crippen molar-refractivity contribution in [2.75, 3.05) is 42.2 Å². The van der Waals surface area contributed by atoms with Crippen LogP contribution in [0.5, 0.6) is 0 Å². The van der Waals surface area contributed by atoms with Gasteiger partial charge < -0.3 is 20.3 Å². The second kappa shape index (κ2) is 10.4. The number of hydrogen-bond acceptors (Lipinski definition) is 9. The van der Waals surface area contributed by atoms with Crippen molar-refractivity contribution in [3.63, 3.8) is 0 Å². The van der Waals surface area contributed by atoms with Crippen molar-refractivity contribution in [3.8, 4) is 10.6 Å². The SMILES string of the molecule is CCc1cc(N2CCNCC2C)ccc1Nc1ncc(C(F)(F)F)c(-c2cc3c(s2)COCCS3(=O)=O)n1. The molecule has 1 unspecified atom stereocenters. The summed E-state index contributed by atoms with van der Waals surface area (Å²) in [5.41, 5.74) is 1.36. The number of aryl methyl sites for hydroxylation is 1. The van der Waals surface area contributed by atoms with Crippen LogP contribution in [-0.2, 0) is 33.8 Å². The zero-order valence-electron chi connectivity index (χ0n) is 20.9. The number of nitrogens with zero attached hydrogens (tertiary/aromatic N) is 3. The van der Waals surface area contributed by atoms with Crippen molar-refractivity contribution in [2.45, 2.75) is 44.0 Å². The molecule has 0 aliphatic carbocycles. The fraction of sp³-hybridized carbons (Fsp3) is 0.440. The van der Waals surface area contributed by atoms with Gasteiger partial charge >= 0.3 is 6.18 Å². The second-order valence-electron chi connectivity index (χ2n) is 9.29. The standard InChI is InChI=1S/C25H28F3N5O3S2/c1-3-16-10-17(33-7-6-29-12-15(33)2)4-5-19(16)31-24-30-13-18(25(26,27)28)23(32-24)20-11-22-21(37-20)14-36-8-9-38(22,34)35/h4-5,10-11,13,15,29H,3,6-9,12,14H2,1-2H3,(H,30,31,32). The average Bonchev–Trinajstić information content (AvgIpc) is 3.26. The fourth-order valence-corrected chi connectivity index (χ4v) is 7.53. The third-order valence-electron chi connectivity index (χ3n) is 6.71. The van der Waals surface area contributed by atoms with Crippen LogP contribution < -0.4 is 15.5 Å². The summed E-state index contributed by atoms with van der Waals surface area (Å²) >= 11 is 0.942. The quantitative estimate of drug-likeness (QED) is 0.461. The molecule has 2 aromatic heterocycles. The predicted molar refractivity (Wildman–Crippen MR) is 141 cm³/mol. The van der Waals surface area contributed by atoms with Gasteiger partial charge in [0.15, 0.2) is 9.84 Å². The second-order valence-corrected chi connectivity index (χ2v) is 12.5. The van der Waals surface area contributed by atoms with E-state index in [9.17, 15) is 21.6 Å². The van der Waals surface area contributed by atoms with Crippen LogP contribution in [0.4, 0.5) is 30.5 Å². The Morgan fingerprint density at radius 2 is 2.11 bits per heavy atom. The van der Waals surface area contributed by atoms with E-state index in [1.54, 1.807) is 0 Å². The van der Waals surface area contributed by atoms with Gasteiger partial charge in [-0.15, -0.1) is 11.3 Å². The van der Waals surface area contributed by atoms with E-state index in [1.807, 2.05) is 19.1 Å². The maximum atomic E-state index is 13.9. The first kappa shape index (κ1) is 26.9. The molecular weight excluding hydrogens is 539 g/mol. The lowest BCUT2D eigenvalue weighted by atomic mass is 10.1. The molecule has 2 N–H and O–H groups in total. The van der Waals surface area contributed by atoms with Crippen LogP contribution in [0.15, 0.2) is 35.4 Å². The highest BCUT2D eigenvalue weighted by Crippen LogP contribution is 2.42. The first-order valence-corrected chi connectivity index (χ1v) is 14.8. The highest BCUT2D eigenvalue weighted by molar-refractivity contribution is 7.91. The molecule has 0 radical (unpaired) electrons. The smallest absolute Gasteiger partial charge is 0.375 e. The Balaban J connectivity index is 1.51. The molecule has 8 nitrogen and oxygen atoms in total. The van der Waals surface area contributed by atoms with Gasteiger partial charge in [0.1, 0.15) is 5.56 Å². The Kier molecular flexibility index (Phi) is 7.37. The lowest BCUT2D eigenvalue weighted by Crippen LogP contribution is -2.49. The van der Waals surface area contributed by atoms with E-state index in [4.69, 9.17) is 4.74 Å². The number of rotatable bonds is 5. The van der Waals surface area contributed by atoms with E-state index in [-0.39, 0.29) is 40.4 Å². The van der Waals surface area contributed by atoms with Crippen LogP contribution in [0.25, 0.3) is 10.6 Å². The third kappa shape index (κ3) is 5.37. The van der Waals surface area contributed by atoms with Gasteiger partial charge in [-0.3, -0.25) is 0 Å². The molecular formula is C25H28F3N5O3S2. The number of piperazine rings is 1. The van der Waals surface area contributed by atoms with Gasteiger partial charge in [-0.2, -0.15) is 13.2 Å². The highest BCUT2D eigenvalue weighted by Gasteiger charge is 2.37. The molecule has 3 aromatic rings. The van der Waals surface area contributed by atoms with Crippen LogP contribution in [0.3, 0.4) is 0 Å². The Morgan fingerprint density at radius 3 is 2.84 bits per heavy atom. The Morgan fingerprint density at radius 1 is 1.29 bits per heavy atom. The average molecular weight is 568 g/mol. The minimum absolute atomic E-state index is 0.00208. The maximum absolute atomic E-state index is 13.9. The molecule has 2 aliphatic heterocycles. The topological polar surface area (TPSA) is 96.5 Å². The number of hydrogen-bond donors (Lipinski definition) is 2. The van der Waals surface area contributed by atoms with E-state index < -0.39 is 21.6 Å². The van der Waals surface area contributed by atoms with Crippen LogP contribution in [-0.4, -0.2) is 56.4 Å². The summed E-state index contributed by atoms with van der Waals surface area (Å²) in [6.45, 7) is 6.90. The Bertz CT molecular complexity index is 1440. The lowest BCUT2D eigenvalue weighted by Gasteiger charge is -2.36. The van der Waals surface area contributed by atoms with Crippen molar-refractivity contribution in [2.24, 2.45) is 0 Å². The van der Waals surface area contributed by atoms with Crippen molar-refractivity contribution < 1.29 is 26.3 Å². The maximum Gasteiger partial charge on any atom is 0.420 e. The molecule has 38 heavy (non-hydrogen) atoms. The molecule has 1 saturated heterocycles. The number of benzene rings is 1. The van der Waals surface area contributed by atoms with E-state index in [0.717, 1.165) is 48.4 Å². The molecule has 0 bridgehead atoms. The number of halogens is 3. The van der Waals surface area contributed by atoms with Crippen LogP contribution >= 0.6 is 11.3 Å². The normalized spacial score (nSPS) is 19.6. The van der Waals surface area contributed by atoms with Crippen LogP contribution in [0, 0.1) is 0 Å². The van der Waals surface area contributed by atoms with Gasteiger partial charge in [0.05, 0.1) is 34.4 Å². The number of nitrogens with one attached hydrogen (secondary N) is 2. The molecule has 4 heterocycles. The van der Waals surface area contributed by atoms with Crippen LogP contribution in [0.1, 0.15) is 29.9 Å². The van der Waals surface area contributed by atoms with E-state index in [1.165, 1.54) is 6.07 Å². The highest BCUT2D eigenvalue weighted by atomic mass is 32.2. The molecule has 0 amide bonds. The summed E-state index contributed by atoms with van der Waals surface area (Å²) in [5, 5.41) is 6.46. The van der Waals surface area contributed by atoms with Gasteiger partial charge in [0.2, 0.25) is 5.95 Å². The number of fused-ring (bicyclic) bond motifs is 1. The number of aromatic nitrogens is 2. The van der Waals surface area contributed by atoms with Gasteiger partial charge in [-0.25, -0.2) is 18.4 Å². The summed E-state index contributed by atoms with van der Waals surface area (Å²) in [7, 11) is -3.66. The summed E-state index contributed by atoms with van der Waals surface area (Å²) in [5.74, 6) is -0.227. The van der Waals surface area contributed by atoms with Gasteiger partial charge in [-0.05, 0) is 43.2 Å². The van der Waals surface area contributed by atoms with Crippen molar-refractivity contribution in [1.82, 2.24) is 15.3 Å². The minimum Gasteiger partial charge on any atom is -0.375 e. The summed E-state index contributed by atoms with van der Waals surface area (Å²) in [6.07, 6.45) is -3.29. The van der Waals surface area contributed by atoms with Gasteiger partial charge in [-0.1, -0.05) is 6.92 Å². The van der Waals surface area contributed by atoms with E-state index >= 15 is 0 Å². The number of ether oxygens (including phenoxy) is 1. The summed E-state index contributed by atoms with van der Waals surface area (Å²) < 4.78 is 72.3. The van der Waals surface area contributed by atoms with Crippen molar-refractivity contribution >= 4 is 38.5 Å². The van der Waals surface area contributed by atoms with E-state index in [2.05, 4.69) is 38.5 Å². The zero-order valence-corrected chi connectivity index (χ0v) is 22.6. The van der Waals surface area contributed by atoms with Crippen molar-refractivity contribution in [3.05, 3.63) is 46.5 Å². The molecule has 2 aliphatic rings. The molecule has 1 atom stereocenters. The minimum atomic E-state index is -4.72. The van der Waals surface area contributed by atoms with Gasteiger partial charge in [0.25, 0.3) is 0 Å². The third-order valence-corrected chi connectivity index (χ3v) is 9.69. The first-order valence-electron chi connectivity index (χ1n) is 12.3. The molecule has 0 saturated carbocycles. The summed E-state index contributed by atoms with van der Waals surface area (Å²) in [6, 6.07) is 7.56. The molecule has 1 aromatic carbocycles. The largest absolute Gasteiger partial charge is 0.420 e. The number of anilines is 3. The first-order chi connectivity index (χ1) is 18.1. The fourth-order valence-electron chi connectivity index (χ4n) is 4.69. The molecule has 204 valence electrons. The van der Waals surface area contributed by atoms with Crippen LogP contribution in [0.2, 0.25) is 0 Å². The molecule has 1 fully saturated rings. The molecule has 5 rings (SSSR count). The number of thiophene rings is 1. The lowest BCUT2D eigenvalue weighted by molar-refractivity contribution is -0.137. The van der Waals surface area contributed by atoms with E-state index in [0.29, 0.717) is 23.0 Å². The Labute approximate surface area is 223 Å². The number of sulfone groups is 1. The predicted octanol–water partition coefficient (Wildman–Crippen LogP) is 4.63. The van der Waals surface area contributed by atoms with Gasteiger partial charge in [0, 0.05) is 48.1 Å². The monoisotopic (exact) mass is 567 g/mol.